The molecule has 0 radical (unpaired) electrons. The molecule has 1 atom stereocenters. The summed E-state index contributed by atoms with van der Waals surface area (Å²) in [6, 6.07) is 5.63. The minimum Gasteiger partial charge on any atom is -0.465 e. The third kappa shape index (κ3) is 4.72. The summed E-state index contributed by atoms with van der Waals surface area (Å²) in [4.78, 5) is 24.0. The van der Waals surface area contributed by atoms with Gasteiger partial charge in [-0.05, 0) is 25.5 Å². The van der Waals surface area contributed by atoms with Gasteiger partial charge in [0.25, 0.3) is 0 Å². The molecule has 1 rings (SSSR count). The number of carbonyl (C=O) groups is 2. The van der Waals surface area contributed by atoms with Crippen molar-refractivity contribution in [3.63, 3.8) is 0 Å². The van der Waals surface area contributed by atoms with Gasteiger partial charge in [-0.25, -0.2) is 0 Å². The van der Waals surface area contributed by atoms with Crippen LogP contribution in [0.2, 0.25) is 0 Å². The zero-order valence-electron chi connectivity index (χ0n) is 13.1. The molecule has 0 bridgehead atoms. The highest BCUT2D eigenvalue weighted by atomic mass is 19.4. The Morgan fingerprint density at radius 3 is 2.12 bits per heavy atom. The Morgan fingerprint density at radius 2 is 1.71 bits per heavy atom. The van der Waals surface area contributed by atoms with Crippen molar-refractivity contribution in [3.05, 3.63) is 35.4 Å². The molecule has 130 valence electrons. The number of nitrogens with zero attached hydrogens (tertiary/aromatic N) is 1. The average Bonchev–Trinajstić information content (AvgIpc) is 2.52. The Balaban J connectivity index is 3.30. The topological polar surface area (TPSA) is 76.4 Å². The molecular formula is C16H16F3NO4. The smallest absolute Gasteiger partial charge is 0.416 e. The lowest BCUT2D eigenvalue weighted by atomic mass is 9.86. The molecule has 1 aromatic carbocycles. The Hall–Kier alpha value is -2.56. The zero-order valence-corrected chi connectivity index (χ0v) is 13.1. The third-order valence-corrected chi connectivity index (χ3v) is 3.13. The molecule has 0 saturated carbocycles. The van der Waals surface area contributed by atoms with E-state index in [2.05, 4.69) is 0 Å². The number of benzene rings is 1. The summed E-state index contributed by atoms with van der Waals surface area (Å²) in [6.07, 6.45) is -4.61. The van der Waals surface area contributed by atoms with Crippen molar-refractivity contribution in [2.75, 3.05) is 13.2 Å². The van der Waals surface area contributed by atoms with Crippen LogP contribution in [0, 0.1) is 17.2 Å². The Morgan fingerprint density at radius 1 is 1.17 bits per heavy atom. The second kappa shape index (κ2) is 8.34. The lowest BCUT2D eigenvalue weighted by Gasteiger charge is -2.20. The second-order valence-corrected chi connectivity index (χ2v) is 4.71. The Bertz CT molecular complexity index is 619. The molecule has 0 aliphatic rings. The molecule has 0 aliphatic heterocycles. The monoisotopic (exact) mass is 343 g/mol. The molecule has 24 heavy (non-hydrogen) atoms. The van der Waals surface area contributed by atoms with E-state index < -0.39 is 35.5 Å². The number of ether oxygens (including phenoxy) is 2. The number of hydrogen-bond donors (Lipinski definition) is 0. The third-order valence-electron chi connectivity index (χ3n) is 3.13. The highest BCUT2D eigenvalue weighted by Gasteiger charge is 2.40. The van der Waals surface area contributed by atoms with E-state index in [-0.39, 0.29) is 18.8 Å². The van der Waals surface area contributed by atoms with E-state index in [1.807, 2.05) is 0 Å². The van der Waals surface area contributed by atoms with Gasteiger partial charge in [0, 0.05) is 0 Å². The van der Waals surface area contributed by atoms with Crippen molar-refractivity contribution in [3.8, 4) is 6.07 Å². The highest BCUT2D eigenvalue weighted by molar-refractivity contribution is 5.96. The number of rotatable bonds is 6. The lowest BCUT2D eigenvalue weighted by Crippen LogP contribution is -2.33. The minimum atomic E-state index is -4.61. The Kier molecular flexibility index (Phi) is 6.77. The molecule has 0 aromatic heterocycles. The van der Waals surface area contributed by atoms with E-state index in [1.165, 1.54) is 19.9 Å². The Labute approximate surface area is 137 Å². The van der Waals surface area contributed by atoms with Gasteiger partial charge in [0.2, 0.25) is 0 Å². The molecule has 0 spiro atoms. The molecule has 0 N–H and O–H groups in total. The summed E-state index contributed by atoms with van der Waals surface area (Å²) in [7, 11) is 0. The van der Waals surface area contributed by atoms with Crippen molar-refractivity contribution in [1.82, 2.24) is 0 Å². The first-order valence-corrected chi connectivity index (χ1v) is 7.16. The van der Waals surface area contributed by atoms with Crippen LogP contribution in [0.4, 0.5) is 13.2 Å². The predicted molar refractivity (Wildman–Crippen MR) is 76.6 cm³/mol. The van der Waals surface area contributed by atoms with E-state index in [4.69, 9.17) is 9.47 Å². The first-order chi connectivity index (χ1) is 11.3. The van der Waals surface area contributed by atoms with Crippen LogP contribution in [-0.4, -0.2) is 25.2 Å². The van der Waals surface area contributed by atoms with Crippen LogP contribution in [0.15, 0.2) is 24.3 Å². The van der Waals surface area contributed by atoms with Crippen molar-refractivity contribution in [2.24, 2.45) is 5.92 Å². The first-order valence-electron chi connectivity index (χ1n) is 7.16. The number of carbonyl (C=O) groups excluding carboxylic acids is 2. The molecule has 0 saturated heterocycles. The molecule has 1 aromatic rings. The van der Waals surface area contributed by atoms with Crippen LogP contribution in [-0.2, 0) is 25.2 Å². The molecule has 8 heteroatoms. The summed E-state index contributed by atoms with van der Waals surface area (Å²) < 4.78 is 48.0. The van der Waals surface area contributed by atoms with Crippen LogP contribution in [0.3, 0.4) is 0 Å². The fraction of sp³-hybridized carbons (Fsp3) is 0.438. The zero-order chi connectivity index (χ0) is 18.3. The van der Waals surface area contributed by atoms with Crippen molar-refractivity contribution in [2.45, 2.75) is 25.9 Å². The molecular weight excluding hydrogens is 327 g/mol. The van der Waals surface area contributed by atoms with Gasteiger partial charge < -0.3 is 9.47 Å². The number of alkyl halides is 3. The van der Waals surface area contributed by atoms with E-state index in [0.717, 1.165) is 18.2 Å². The van der Waals surface area contributed by atoms with Crippen molar-refractivity contribution in [1.29, 1.82) is 5.26 Å². The molecule has 0 aliphatic carbocycles. The van der Waals surface area contributed by atoms with Crippen molar-refractivity contribution >= 4 is 11.9 Å². The maximum absolute atomic E-state index is 12.8. The SMILES string of the molecule is CCOC(=O)C(C(=O)OCC)C(C#N)c1cccc(C(F)(F)F)c1. The summed E-state index contributed by atoms with van der Waals surface area (Å²) in [5, 5.41) is 9.33. The van der Waals surface area contributed by atoms with Gasteiger partial charge in [-0.3, -0.25) is 9.59 Å². The fourth-order valence-corrected chi connectivity index (χ4v) is 2.08. The summed E-state index contributed by atoms with van der Waals surface area (Å²) in [5.41, 5.74) is -1.09. The molecule has 0 fully saturated rings. The quantitative estimate of drug-likeness (QED) is 0.586. The maximum atomic E-state index is 12.8. The van der Waals surface area contributed by atoms with Crippen molar-refractivity contribution < 1.29 is 32.2 Å². The number of esters is 2. The minimum absolute atomic E-state index is 0.0462. The van der Waals surface area contributed by atoms with Crippen LogP contribution in [0.25, 0.3) is 0 Å². The van der Waals surface area contributed by atoms with Gasteiger partial charge >= 0.3 is 18.1 Å². The van der Waals surface area contributed by atoms with Gasteiger partial charge in [-0.2, -0.15) is 18.4 Å². The lowest BCUT2D eigenvalue weighted by molar-refractivity contribution is -0.162. The van der Waals surface area contributed by atoms with Gasteiger partial charge in [0.1, 0.15) is 0 Å². The predicted octanol–water partition coefficient (Wildman–Crippen LogP) is 3.05. The van der Waals surface area contributed by atoms with Gasteiger partial charge in [-0.1, -0.05) is 18.2 Å². The van der Waals surface area contributed by atoms with Gasteiger partial charge in [0.05, 0.1) is 30.8 Å². The van der Waals surface area contributed by atoms with Gasteiger partial charge in [-0.15, -0.1) is 0 Å². The van der Waals surface area contributed by atoms with E-state index in [9.17, 15) is 28.0 Å². The van der Waals surface area contributed by atoms with Crippen LogP contribution < -0.4 is 0 Å². The molecule has 5 nitrogen and oxygen atoms in total. The molecule has 0 amide bonds. The van der Waals surface area contributed by atoms with Crippen LogP contribution in [0.5, 0.6) is 0 Å². The second-order valence-electron chi connectivity index (χ2n) is 4.71. The normalized spacial score (nSPS) is 12.4. The van der Waals surface area contributed by atoms with E-state index in [1.54, 1.807) is 6.07 Å². The average molecular weight is 343 g/mol. The molecule has 1 unspecified atom stereocenters. The maximum Gasteiger partial charge on any atom is 0.416 e. The van der Waals surface area contributed by atoms with Crippen LogP contribution in [0.1, 0.15) is 30.9 Å². The summed E-state index contributed by atoms with van der Waals surface area (Å²) >= 11 is 0. The van der Waals surface area contributed by atoms with Gasteiger partial charge in [0.15, 0.2) is 5.92 Å². The molecule has 0 heterocycles. The number of hydrogen-bond acceptors (Lipinski definition) is 5. The summed E-state index contributed by atoms with van der Waals surface area (Å²) in [5.74, 6) is -5.14. The number of halogens is 3. The highest BCUT2D eigenvalue weighted by Crippen LogP contribution is 2.33. The number of nitriles is 1. The van der Waals surface area contributed by atoms with Crippen LogP contribution >= 0.6 is 0 Å². The van der Waals surface area contributed by atoms with E-state index >= 15 is 0 Å². The summed E-state index contributed by atoms with van der Waals surface area (Å²) in [6.45, 7) is 2.92. The standard InChI is InChI=1S/C16H16F3NO4/c1-3-23-14(21)13(15(22)24-4-2)12(9-20)10-6-5-7-11(8-10)16(17,18)19/h5-8,12-13H,3-4H2,1-2H3. The first kappa shape index (κ1) is 19.5. The van der Waals surface area contributed by atoms with E-state index in [0.29, 0.717) is 0 Å². The fourth-order valence-electron chi connectivity index (χ4n) is 2.08. The largest absolute Gasteiger partial charge is 0.465 e.